The van der Waals surface area contributed by atoms with Crippen LogP contribution in [0, 0.1) is 0 Å². The number of nitrogens with one attached hydrogen (secondary N) is 1. The summed E-state index contributed by atoms with van der Waals surface area (Å²) < 4.78 is 5.25. The van der Waals surface area contributed by atoms with Crippen molar-refractivity contribution in [1.82, 2.24) is 20.4 Å². The van der Waals surface area contributed by atoms with E-state index >= 15 is 0 Å². The molecular formula is C18H14N4O2S2. The van der Waals surface area contributed by atoms with Crippen LogP contribution in [-0.4, -0.2) is 27.6 Å². The molecule has 0 aliphatic rings. The topological polar surface area (TPSA) is 80.9 Å². The Hall–Kier alpha value is -2.84. The second-order valence-corrected chi connectivity index (χ2v) is 7.21. The fraction of sp³-hybridized carbons (Fsp3) is 0.111. The third kappa shape index (κ3) is 3.71. The lowest BCUT2D eigenvalue weighted by atomic mass is 10.2. The summed E-state index contributed by atoms with van der Waals surface area (Å²) in [5.74, 6) is 0.838. The van der Waals surface area contributed by atoms with Gasteiger partial charge in [-0.05, 0) is 23.6 Å². The lowest BCUT2D eigenvalue weighted by molar-refractivity contribution is 0.0949. The number of benzene rings is 1. The largest absolute Gasteiger partial charge is 0.350 e. The summed E-state index contributed by atoms with van der Waals surface area (Å²) in [5, 5.41) is 11.4. The van der Waals surface area contributed by atoms with Crippen LogP contribution in [0.25, 0.3) is 21.3 Å². The van der Waals surface area contributed by atoms with Gasteiger partial charge in [-0.25, -0.2) is 4.98 Å². The Balaban J connectivity index is 1.32. The number of thiophene rings is 1. The second kappa shape index (κ2) is 7.59. The third-order valence-electron chi connectivity index (χ3n) is 3.59. The molecule has 0 radical (unpaired) electrons. The summed E-state index contributed by atoms with van der Waals surface area (Å²) in [6, 6.07) is 13.5. The van der Waals surface area contributed by atoms with Gasteiger partial charge in [0.1, 0.15) is 10.7 Å². The highest BCUT2D eigenvalue weighted by molar-refractivity contribution is 7.20. The number of carbonyl (C=O) groups is 1. The molecule has 130 valence electrons. The van der Waals surface area contributed by atoms with E-state index in [1.807, 2.05) is 47.8 Å². The number of aromatic nitrogens is 3. The van der Waals surface area contributed by atoms with E-state index in [2.05, 4.69) is 20.4 Å². The van der Waals surface area contributed by atoms with Crippen molar-refractivity contribution < 1.29 is 9.32 Å². The van der Waals surface area contributed by atoms with Crippen molar-refractivity contribution in [2.75, 3.05) is 6.54 Å². The molecule has 4 aromatic rings. The van der Waals surface area contributed by atoms with Crippen molar-refractivity contribution in [1.29, 1.82) is 0 Å². The van der Waals surface area contributed by atoms with Crippen LogP contribution in [0.15, 0.2) is 57.7 Å². The molecule has 0 fully saturated rings. The number of carbonyl (C=O) groups excluding carboxylic acids is 1. The van der Waals surface area contributed by atoms with E-state index in [9.17, 15) is 4.79 Å². The van der Waals surface area contributed by atoms with Crippen LogP contribution in [0.3, 0.4) is 0 Å². The first-order chi connectivity index (χ1) is 12.8. The van der Waals surface area contributed by atoms with Crippen molar-refractivity contribution in [2.24, 2.45) is 0 Å². The van der Waals surface area contributed by atoms with Gasteiger partial charge in [0.15, 0.2) is 5.82 Å². The van der Waals surface area contributed by atoms with E-state index in [-0.39, 0.29) is 5.91 Å². The van der Waals surface area contributed by atoms with Gasteiger partial charge in [-0.3, -0.25) is 4.79 Å². The molecule has 0 atom stereocenters. The zero-order chi connectivity index (χ0) is 17.8. The standard InChI is InChI=1S/C18H14N4O2S2/c23-16(13-11-26-18(20-13)14-7-4-10-25-14)19-9-8-15-21-17(24-22-15)12-5-2-1-3-6-12/h1-7,10-11H,8-9H2,(H,19,23). The SMILES string of the molecule is O=C(NCCc1noc(-c2ccccc2)n1)c1csc(-c2cccs2)n1. The first-order valence-corrected chi connectivity index (χ1v) is 9.71. The maximum Gasteiger partial charge on any atom is 0.270 e. The van der Waals surface area contributed by atoms with Crippen LogP contribution in [0.4, 0.5) is 0 Å². The Morgan fingerprint density at radius 3 is 2.77 bits per heavy atom. The minimum Gasteiger partial charge on any atom is -0.350 e. The average molecular weight is 382 g/mol. The van der Waals surface area contributed by atoms with Gasteiger partial charge < -0.3 is 9.84 Å². The van der Waals surface area contributed by atoms with E-state index in [4.69, 9.17) is 4.52 Å². The van der Waals surface area contributed by atoms with Crippen LogP contribution in [0.2, 0.25) is 0 Å². The van der Waals surface area contributed by atoms with Crippen molar-refractivity contribution in [3.05, 3.63) is 64.7 Å². The number of thiazole rings is 1. The first kappa shape index (κ1) is 16.6. The summed E-state index contributed by atoms with van der Waals surface area (Å²) in [6.07, 6.45) is 0.490. The monoisotopic (exact) mass is 382 g/mol. The van der Waals surface area contributed by atoms with E-state index in [1.165, 1.54) is 11.3 Å². The zero-order valence-electron chi connectivity index (χ0n) is 13.6. The van der Waals surface area contributed by atoms with Crippen LogP contribution in [-0.2, 0) is 6.42 Å². The van der Waals surface area contributed by atoms with Gasteiger partial charge in [0.25, 0.3) is 11.8 Å². The van der Waals surface area contributed by atoms with E-state index in [0.717, 1.165) is 15.4 Å². The quantitative estimate of drug-likeness (QED) is 0.547. The van der Waals surface area contributed by atoms with Crippen LogP contribution in [0.5, 0.6) is 0 Å². The summed E-state index contributed by atoms with van der Waals surface area (Å²) >= 11 is 3.07. The zero-order valence-corrected chi connectivity index (χ0v) is 15.2. The lowest BCUT2D eigenvalue weighted by Gasteiger charge is -2.00. The molecule has 4 rings (SSSR count). The third-order valence-corrected chi connectivity index (χ3v) is 5.47. The fourth-order valence-electron chi connectivity index (χ4n) is 2.32. The van der Waals surface area contributed by atoms with Crippen molar-refractivity contribution in [3.63, 3.8) is 0 Å². The molecule has 0 aliphatic heterocycles. The Kier molecular flexibility index (Phi) is 4.85. The number of hydrogen-bond acceptors (Lipinski definition) is 7. The molecular weight excluding hydrogens is 368 g/mol. The second-order valence-electron chi connectivity index (χ2n) is 5.40. The summed E-state index contributed by atoms with van der Waals surface area (Å²) in [5.41, 5.74) is 1.30. The van der Waals surface area contributed by atoms with Crippen LogP contribution < -0.4 is 5.32 Å². The maximum atomic E-state index is 12.2. The van der Waals surface area contributed by atoms with Gasteiger partial charge >= 0.3 is 0 Å². The molecule has 1 N–H and O–H groups in total. The minimum absolute atomic E-state index is 0.198. The molecule has 3 aromatic heterocycles. The lowest BCUT2D eigenvalue weighted by Crippen LogP contribution is -2.26. The predicted molar refractivity (Wildman–Crippen MR) is 101 cm³/mol. The molecule has 0 unspecified atom stereocenters. The Labute approximate surface area is 157 Å². The molecule has 0 bridgehead atoms. The highest BCUT2D eigenvalue weighted by Gasteiger charge is 2.13. The molecule has 8 heteroatoms. The maximum absolute atomic E-state index is 12.2. The molecule has 0 saturated carbocycles. The van der Waals surface area contributed by atoms with Gasteiger partial charge in [-0.1, -0.05) is 29.4 Å². The molecule has 26 heavy (non-hydrogen) atoms. The first-order valence-electron chi connectivity index (χ1n) is 7.95. The van der Waals surface area contributed by atoms with Gasteiger partial charge in [-0.2, -0.15) is 4.98 Å². The van der Waals surface area contributed by atoms with Crippen molar-refractivity contribution in [3.8, 4) is 21.3 Å². The normalized spacial score (nSPS) is 10.8. The van der Waals surface area contributed by atoms with Gasteiger partial charge in [0.05, 0.1) is 4.88 Å². The molecule has 0 saturated heterocycles. The van der Waals surface area contributed by atoms with Crippen molar-refractivity contribution >= 4 is 28.6 Å². The smallest absolute Gasteiger partial charge is 0.270 e. The predicted octanol–water partition coefficient (Wildman–Crippen LogP) is 3.89. The number of hydrogen-bond donors (Lipinski definition) is 1. The molecule has 1 amide bonds. The average Bonchev–Trinajstić information content (AvgIpc) is 3.42. The Morgan fingerprint density at radius 1 is 1.08 bits per heavy atom. The molecule has 0 spiro atoms. The molecule has 3 heterocycles. The Bertz CT molecular complexity index is 993. The Morgan fingerprint density at radius 2 is 1.96 bits per heavy atom. The highest BCUT2D eigenvalue weighted by Crippen LogP contribution is 2.27. The molecule has 6 nitrogen and oxygen atoms in total. The number of rotatable bonds is 6. The molecule has 1 aromatic carbocycles. The highest BCUT2D eigenvalue weighted by atomic mass is 32.1. The van der Waals surface area contributed by atoms with E-state index in [1.54, 1.807) is 16.7 Å². The van der Waals surface area contributed by atoms with Gasteiger partial charge in [0.2, 0.25) is 0 Å². The van der Waals surface area contributed by atoms with Crippen LogP contribution in [0.1, 0.15) is 16.3 Å². The summed E-state index contributed by atoms with van der Waals surface area (Å²) in [6.45, 7) is 0.415. The minimum atomic E-state index is -0.198. The number of nitrogens with zero attached hydrogens (tertiary/aromatic N) is 3. The van der Waals surface area contributed by atoms with E-state index in [0.29, 0.717) is 30.4 Å². The fourth-order valence-corrected chi connectivity index (χ4v) is 3.94. The van der Waals surface area contributed by atoms with E-state index < -0.39 is 0 Å². The summed E-state index contributed by atoms with van der Waals surface area (Å²) in [7, 11) is 0. The molecule has 0 aliphatic carbocycles. The van der Waals surface area contributed by atoms with Gasteiger partial charge in [0, 0.05) is 23.9 Å². The summed E-state index contributed by atoms with van der Waals surface area (Å²) in [4.78, 5) is 22.0. The van der Waals surface area contributed by atoms with Crippen molar-refractivity contribution in [2.45, 2.75) is 6.42 Å². The van der Waals surface area contributed by atoms with Crippen LogP contribution >= 0.6 is 22.7 Å². The number of amides is 1. The van der Waals surface area contributed by atoms with Gasteiger partial charge in [-0.15, -0.1) is 22.7 Å².